The van der Waals surface area contributed by atoms with Crippen LogP contribution in [0.15, 0.2) is 0 Å². The van der Waals surface area contributed by atoms with Crippen molar-refractivity contribution in [2.45, 2.75) is 63.8 Å². The third-order valence-electron chi connectivity index (χ3n) is 3.87. The minimum Gasteiger partial charge on any atom is -0.392 e. The largest absolute Gasteiger partial charge is 0.392 e. The van der Waals surface area contributed by atoms with Crippen LogP contribution in [0, 0.1) is 0 Å². The number of nitrogens with zero attached hydrogens (tertiary/aromatic N) is 1. The SMILES string of the molecule is CCN(C[C@H](C)O)C1CC2CCC(C1)N2. The van der Waals surface area contributed by atoms with Gasteiger partial charge in [0.15, 0.2) is 0 Å². The predicted octanol–water partition coefficient (Wildman–Crippen LogP) is 0.972. The number of aliphatic hydroxyl groups excluding tert-OH is 1. The predicted molar refractivity (Wildman–Crippen MR) is 61.9 cm³/mol. The molecule has 3 atom stereocenters. The van der Waals surface area contributed by atoms with Crippen LogP contribution in [0.2, 0.25) is 0 Å². The normalized spacial score (nSPS) is 37.2. The van der Waals surface area contributed by atoms with Gasteiger partial charge in [-0.1, -0.05) is 6.92 Å². The number of fused-ring (bicyclic) bond motifs is 2. The summed E-state index contributed by atoms with van der Waals surface area (Å²) in [5.41, 5.74) is 0. The lowest BCUT2D eigenvalue weighted by molar-refractivity contribution is 0.0806. The van der Waals surface area contributed by atoms with Crippen molar-refractivity contribution in [3.8, 4) is 0 Å². The molecular formula is C12H24N2O. The van der Waals surface area contributed by atoms with Crippen LogP contribution >= 0.6 is 0 Å². The fourth-order valence-corrected chi connectivity index (χ4v) is 3.20. The number of nitrogens with one attached hydrogen (secondary N) is 1. The number of rotatable bonds is 4. The molecule has 2 aliphatic rings. The zero-order valence-corrected chi connectivity index (χ0v) is 9.95. The van der Waals surface area contributed by atoms with Crippen molar-refractivity contribution >= 4 is 0 Å². The minimum atomic E-state index is -0.197. The molecule has 2 bridgehead atoms. The maximum absolute atomic E-state index is 9.47. The van der Waals surface area contributed by atoms with Gasteiger partial charge in [0.05, 0.1) is 6.10 Å². The van der Waals surface area contributed by atoms with Crippen LogP contribution in [-0.2, 0) is 0 Å². The van der Waals surface area contributed by atoms with Crippen molar-refractivity contribution in [3.63, 3.8) is 0 Å². The minimum absolute atomic E-state index is 0.197. The summed E-state index contributed by atoms with van der Waals surface area (Å²) in [4.78, 5) is 2.46. The van der Waals surface area contributed by atoms with E-state index in [-0.39, 0.29) is 6.10 Å². The second-order valence-electron chi connectivity index (χ2n) is 5.20. The van der Waals surface area contributed by atoms with Gasteiger partial charge in [-0.05, 0) is 39.2 Å². The average molecular weight is 212 g/mol. The highest BCUT2D eigenvalue weighted by atomic mass is 16.3. The van der Waals surface area contributed by atoms with E-state index in [0.29, 0.717) is 6.04 Å². The molecule has 0 spiro atoms. The van der Waals surface area contributed by atoms with E-state index in [2.05, 4.69) is 17.1 Å². The zero-order valence-electron chi connectivity index (χ0n) is 9.95. The molecule has 3 nitrogen and oxygen atoms in total. The number of hydrogen-bond acceptors (Lipinski definition) is 3. The van der Waals surface area contributed by atoms with Crippen LogP contribution < -0.4 is 5.32 Å². The van der Waals surface area contributed by atoms with E-state index in [4.69, 9.17) is 0 Å². The third-order valence-corrected chi connectivity index (χ3v) is 3.87. The summed E-state index contributed by atoms with van der Waals surface area (Å²) in [5, 5.41) is 13.1. The standard InChI is InChI=1S/C12H24N2O/c1-3-14(8-9(2)15)12-6-10-4-5-11(7-12)13-10/h9-13,15H,3-8H2,1-2H3/t9-,10?,11?,12?/m0/s1. The van der Waals surface area contributed by atoms with Crippen molar-refractivity contribution in [2.24, 2.45) is 0 Å². The first-order chi connectivity index (χ1) is 7.19. The summed E-state index contributed by atoms with van der Waals surface area (Å²) in [6, 6.07) is 2.19. The first-order valence-corrected chi connectivity index (χ1v) is 6.37. The monoisotopic (exact) mass is 212 g/mol. The van der Waals surface area contributed by atoms with E-state index in [9.17, 15) is 5.11 Å². The summed E-state index contributed by atoms with van der Waals surface area (Å²) >= 11 is 0. The maximum Gasteiger partial charge on any atom is 0.0639 e. The van der Waals surface area contributed by atoms with Gasteiger partial charge in [0, 0.05) is 24.7 Å². The summed E-state index contributed by atoms with van der Waals surface area (Å²) < 4.78 is 0. The molecule has 2 fully saturated rings. The van der Waals surface area contributed by atoms with Gasteiger partial charge in [0.25, 0.3) is 0 Å². The second-order valence-corrected chi connectivity index (χ2v) is 5.20. The number of likely N-dealkylation sites (N-methyl/N-ethyl adjacent to an activating group) is 1. The van der Waals surface area contributed by atoms with Crippen molar-refractivity contribution in [1.82, 2.24) is 10.2 Å². The first-order valence-electron chi connectivity index (χ1n) is 6.37. The molecular weight excluding hydrogens is 188 g/mol. The molecule has 0 radical (unpaired) electrons. The van der Waals surface area contributed by atoms with Crippen molar-refractivity contribution in [1.29, 1.82) is 0 Å². The van der Waals surface area contributed by atoms with Gasteiger partial charge >= 0.3 is 0 Å². The van der Waals surface area contributed by atoms with E-state index < -0.39 is 0 Å². The Morgan fingerprint density at radius 3 is 2.40 bits per heavy atom. The van der Waals surface area contributed by atoms with Crippen molar-refractivity contribution in [3.05, 3.63) is 0 Å². The van der Waals surface area contributed by atoms with Crippen LogP contribution in [-0.4, -0.2) is 47.3 Å². The molecule has 2 heterocycles. The Labute approximate surface area is 92.8 Å². The molecule has 3 heteroatoms. The van der Waals surface area contributed by atoms with Crippen molar-refractivity contribution in [2.75, 3.05) is 13.1 Å². The summed E-state index contributed by atoms with van der Waals surface area (Å²) in [6.45, 7) is 5.99. The molecule has 0 aromatic heterocycles. The van der Waals surface area contributed by atoms with E-state index in [0.717, 1.165) is 25.2 Å². The molecule has 88 valence electrons. The van der Waals surface area contributed by atoms with Crippen LogP contribution in [0.1, 0.15) is 39.5 Å². The summed E-state index contributed by atoms with van der Waals surface area (Å²) in [5.74, 6) is 0. The molecule has 15 heavy (non-hydrogen) atoms. The summed E-state index contributed by atoms with van der Waals surface area (Å²) in [7, 11) is 0. The lowest BCUT2D eigenvalue weighted by Crippen LogP contribution is -2.49. The number of hydrogen-bond donors (Lipinski definition) is 2. The smallest absolute Gasteiger partial charge is 0.0639 e. The lowest BCUT2D eigenvalue weighted by Gasteiger charge is -2.37. The van der Waals surface area contributed by atoms with Gasteiger partial charge < -0.3 is 10.4 Å². The van der Waals surface area contributed by atoms with Crippen LogP contribution in [0.25, 0.3) is 0 Å². The Kier molecular flexibility index (Phi) is 3.65. The first kappa shape index (κ1) is 11.4. The van der Waals surface area contributed by atoms with Gasteiger partial charge in [-0.15, -0.1) is 0 Å². The molecule has 2 rings (SSSR count). The average Bonchev–Trinajstić information content (AvgIpc) is 2.54. The van der Waals surface area contributed by atoms with E-state index in [1.165, 1.54) is 25.7 Å². The Hall–Kier alpha value is -0.120. The fourth-order valence-electron chi connectivity index (χ4n) is 3.20. The van der Waals surface area contributed by atoms with Gasteiger partial charge in [-0.3, -0.25) is 4.90 Å². The van der Waals surface area contributed by atoms with E-state index >= 15 is 0 Å². The highest BCUT2D eigenvalue weighted by molar-refractivity contribution is 4.95. The number of piperidine rings is 1. The van der Waals surface area contributed by atoms with Gasteiger partial charge in [0.1, 0.15) is 0 Å². The molecule has 0 amide bonds. The molecule has 2 unspecified atom stereocenters. The lowest BCUT2D eigenvalue weighted by atomic mass is 9.98. The third kappa shape index (κ3) is 2.71. The summed E-state index contributed by atoms with van der Waals surface area (Å²) in [6.07, 6.45) is 5.06. The molecule has 0 aliphatic carbocycles. The quantitative estimate of drug-likeness (QED) is 0.729. The number of aliphatic hydroxyl groups is 1. The van der Waals surface area contributed by atoms with Gasteiger partial charge in [-0.25, -0.2) is 0 Å². The van der Waals surface area contributed by atoms with Gasteiger partial charge in [0.2, 0.25) is 0 Å². The maximum atomic E-state index is 9.47. The van der Waals surface area contributed by atoms with E-state index in [1.54, 1.807) is 0 Å². The molecule has 2 N–H and O–H groups in total. The van der Waals surface area contributed by atoms with Crippen LogP contribution in [0.3, 0.4) is 0 Å². The molecule has 2 saturated heterocycles. The molecule has 0 saturated carbocycles. The Morgan fingerprint density at radius 2 is 1.93 bits per heavy atom. The van der Waals surface area contributed by atoms with Crippen molar-refractivity contribution < 1.29 is 5.11 Å². The van der Waals surface area contributed by atoms with Crippen LogP contribution in [0.4, 0.5) is 0 Å². The molecule has 0 aromatic rings. The Bertz CT molecular complexity index is 196. The Balaban J connectivity index is 1.91. The highest BCUT2D eigenvalue weighted by Gasteiger charge is 2.35. The topological polar surface area (TPSA) is 35.5 Å². The highest BCUT2D eigenvalue weighted by Crippen LogP contribution is 2.29. The van der Waals surface area contributed by atoms with E-state index in [1.807, 2.05) is 6.92 Å². The zero-order chi connectivity index (χ0) is 10.8. The van der Waals surface area contributed by atoms with Gasteiger partial charge in [-0.2, -0.15) is 0 Å². The second kappa shape index (κ2) is 4.81. The Morgan fingerprint density at radius 1 is 1.33 bits per heavy atom. The fraction of sp³-hybridized carbons (Fsp3) is 1.00. The molecule has 2 aliphatic heterocycles. The molecule has 0 aromatic carbocycles. The van der Waals surface area contributed by atoms with Crippen LogP contribution in [0.5, 0.6) is 0 Å².